The number of aromatic nitrogens is 2. The van der Waals surface area contributed by atoms with Crippen LogP contribution in [0.4, 0.5) is 16.4 Å². The van der Waals surface area contributed by atoms with Gasteiger partial charge in [-0.3, -0.25) is 4.90 Å². The Labute approximate surface area is 203 Å². The average Bonchev–Trinajstić information content (AvgIpc) is 3.13. The lowest BCUT2D eigenvalue weighted by atomic mass is 10.1. The van der Waals surface area contributed by atoms with E-state index in [9.17, 15) is 14.9 Å². The first-order valence-corrected chi connectivity index (χ1v) is 14.3. The maximum atomic E-state index is 13.2. The van der Waals surface area contributed by atoms with Gasteiger partial charge in [-0.2, -0.15) is 0 Å². The molecule has 0 saturated heterocycles. The molecule has 9 nitrogen and oxygen atoms in total. The summed E-state index contributed by atoms with van der Waals surface area (Å²) in [5.74, 6) is -0.225. The van der Waals surface area contributed by atoms with Gasteiger partial charge in [0, 0.05) is 0 Å². The van der Waals surface area contributed by atoms with Crippen LogP contribution in [-0.2, 0) is 15.7 Å². The second-order valence-electron chi connectivity index (χ2n) is 10.9. The highest BCUT2D eigenvalue weighted by Gasteiger charge is 2.37. The largest absolute Gasteiger partial charge is 0.443 e. The molecular weight excluding hydrogens is 452 g/mol. The number of benzene rings is 1. The van der Waals surface area contributed by atoms with Crippen LogP contribution in [-0.4, -0.2) is 47.6 Å². The molecule has 0 saturated carbocycles. The number of nitro groups is 1. The molecule has 0 unspecified atom stereocenters. The van der Waals surface area contributed by atoms with Crippen molar-refractivity contribution in [2.45, 2.75) is 78.7 Å². The number of imidazole rings is 1. The molecule has 0 N–H and O–H groups in total. The van der Waals surface area contributed by atoms with Gasteiger partial charge in [-0.15, -0.1) is 0 Å². The Balaban J connectivity index is 2.36. The highest BCUT2D eigenvalue weighted by atomic mass is 28.4. The lowest BCUT2D eigenvalue weighted by molar-refractivity contribution is -0.396. The molecule has 1 heterocycles. The lowest BCUT2D eigenvalue weighted by Crippen LogP contribution is -2.44. The van der Waals surface area contributed by atoms with E-state index < -0.39 is 24.9 Å². The molecule has 188 valence electrons. The Morgan fingerprint density at radius 3 is 2.41 bits per heavy atom. The van der Waals surface area contributed by atoms with Gasteiger partial charge in [-0.25, -0.2) is 9.36 Å². The minimum absolute atomic E-state index is 0.0547. The van der Waals surface area contributed by atoms with E-state index in [0.29, 0.717) is 18.8 Å². The Morgan fingerprint density at radius 1 is 1.21 bits per heavy atom. The Bertz CT molecular complexity index is 1020. The Hall–Kier alpha value is -2.72. The maximum Gasteiger partial charge on any atom is 0.434 e. The van der Waals surface area contributed by atoms with Crippen LogP contribution in [0.3, 0.4) is 0 Å². The van der Waals surface area contributed by atoms with Crippen LogP contribution in [0.1, 0.15) is 52.7 Å². The highest BCUT2D eigenvalue weighted by Crippen LogP contribution is 2.36. The fourth-order valence-corrected chi connectivity index (χ4v) is 4.18. The molecule has 2 aromatic rings. The Kier molecular flexibility index (Phi) is 8.31. The topological polar surface area (TPSA) is 99.7 Å². The van der Waals surface area contributed by atoms with Gasteiger partial charge in [0.1, 0.15) is 18.0 Å². The molecule has 0 radical (unpaired) electrons. The average molecular weight is 491 g/mol. The third-order valence-electron chi connectivity index (χ3n) is 6.10. The first-order chi connectivity index (χ1) is 15.5. The zero-order valence-electron chi connectivity index (χ0n) is 21.8. The van der Waals surface area contributed by atoms with Crippen molar-refractivity contribution in [3.63, 3.8) is 0 Å². The van der Waals surface area contributed by atoms with Gasteiger partial charge in [0.15, 0.2) is 8.32 Å². The number of anilines is 1. The molecule has 0 aliphatic carbocycles. The predicted molar refractivity (Wildman–Crippen MR) is 136 cm³/mol. The summed E-state index contributed by atoms with van der Waals surface area (Å²) in [5, 5.41) is 11.3. The molecule has 0 spiro atoms. The molecular formula is C24H38N4O5Si. The number of amides is 1. The molecule has 0 aliphatic heterocycles. The summed E-state index contributed by atoms with van der Waals surface area (Å²) in [6, 6.07) is 5.59. The summed E-state index contributed by atoms with van der Waals surface area (Å²) < 4.78 is 13.5. The third-order valence-corrected chi connectivity index (χ3v) is 10.6. The van der Waals surface area contributed by atoms with Crippen molar-refractivity contribution < 1.29 is 18.9 Å². The summed E-state index contributed by atoms with van der Waals surface area (Å²) in [4.78, 5) is 29.4. The van der Waals surface area contributed by atoms with Gasteiger partial charge in [0.25, 0.3) is 0 Å². The van der Waals surface area contributed by atoms with Gasteiger partial charge >= 0.3 is 12.0 Å². The number of ether oxygens (including phenoxy) is 1. The molecule has 0 atom stereocenters. The molecule has 0 fully saturated rings. The molecule has 1 aromatic heterocycles. The summed E-state index contributed by atoms with van der Waals surface area (Å²) in [6.45, 7) is 19.2. The van der Waals surface area contributed by atoms with Gasteiger partial charge in [-0.1, -0.05) is 37.9 Å². The van der Waals surface area contributed by atoms with Crippen LogP contribution in [0.25, 0.3) is 0 Å². The minimum atomic E-state index is -1.99. The van der Waals surface area contributed by atoms with Crippen LogP contribution >= 0.6 is 0 Å². The molecule has 10 heteroatoms. The zero-order valence-corrected chi connectivity index (χ0v) is 22.8. The number of hydrogen-bond acceptors (Lipinski definition) is 6. The molecule has 1 amide bonds. The van der Waals surface area contributed by atoms with Crippen molar-refractivity contribution >= 4 is 26.0 Å². The van der Waals surface area contributed by atoms with Gasteiger partial charge in [-0.05, 0) is 67.9 Å². The molecule has 2 rings (SSSR count). The maximum absolute atomic E-state index is 13.2. The van der Waals surface area contributed by atoms with Crippen molar-refractivity contribution in [1.82, 2.24) is 9.55 Å². The number of hydrogen-bond donors (Lipinski definition) is 0. The summed E-state index contributed by atoms with van der Waals surface area (Å²) in [6.07, 6.45) is 2.52. The van der Waals surface area contributed by atoms with E-state index in [1.165, 1.54) is 10.8 Å². The Morgan fingerprint density at radius 2 is 1.85 bits per heavy atom. The lowest BCUT2D eigenvalue weighted by Gasteiger charge is -2.37. The fraction of sp³-hybridized carbons (Fsp3) is 0.583. The van der Waals surface area contributed by atoms with E-state index in [1.54, 1.807) is 11.1 Å². The zero-order chi connectivity index (χ0) is 25.9. The first-order valence-electron chi connectivity index (χ1n) is 11.4. The van der Waals surface area contributed by atoms with Crippen LogP contribution < -0.4 is 4.90 Å². The minimum Gasteiger partial charge on any atom is -0.443 e. The fourth-order valence-electron chi connectivity index (χ4n) is 3.15. The number of rotatable bonds is 8. The van der Waals surface area contributed by atoms with Gasteiger partial charge in [0.05, 0.1) is 25.4 Å². The van der Waals surface area contributed by atoms with Crippen molar-refractivity contribution in [3.05, 3.63) is 51.8 Å². The number of carbonyl (C=O) groups is 1. The first kappa shape index (κ1) is 27.5. The number of carbonyl (C=O) groups excluding carboxylic acids is 1. The van der Waals surface area contributed by atoms with Crippen molar-refractivity contribution in [2.75, 3.05) is 18.1 Å². The van der Waals surface area contributed by atoms with Crippen molar-refractivity contribution in [1.29, 1.82) is 0 Å². The summed E-state index contributed by atoms with van der Waals surface area (Å²) >= 11 is 0. The molecule has 34 heavy (non-hydrogen) atoms. The number of nitrogens with zero attached hydrogens (tertiary/aromatic N) is 4. The quantitative estimate of drug-likeness (QED) is 0.259. The van der Waals surface area contributed by atoms with E-state index >= 15 is 0 Å². The summed E-state index contributed by atoms with van der Waals surface area (Å²) in [5.41, 5.74) is 1.72. The van der Waals surface area contributed by atoms with Crippen molar-refractivity contribution in [3.8, 4) is 0 Å². The van der Waals surface area contributed by atoms with E-state index in [-0.39, 0.29) is 17.5 Å². The SMILES string of the molecule is Cc1c(Cn2ccnc2[N+](=O)[O-])cccc1N(CCO[Si](C)(C)C(C)(C)C)C(=O)OC(C)(C)C. The van der Waals surface area contributed by atoms with Crippen LogP contribution in [0.5, 0.6) is 0 Å². The van der Waals surface area contributed by atoms with Crippen LogP contribution in [0.15, 0.2) is 30.6 Å². The van der Waals surface area contributed by atoms with E-state index in [0.717, 1.165) is 11.1 Å². The van der Waals surface area contributed by atoms with E-state index in [4.69, 9.17) is 9.16 Å². The van der Waals surface area contributed by atoms with E-state index in [1.807, 2.05) is 45.9 Å². The molecule has 1 aromatic carbocycles. The third kappa shape index (κ3) is 6.89. The van der Waals surface area contributed by atoms with Gasteiger partial charge in [0.2, 0.25) is 0 Å². The summed E-state index contributed by atoms with van der Waals surface area (Å²) in [7, 11) is -1.99. The second-order valence-corrected chi connectivity index (χ2v) is 15.7. The van der Waals surface area contributed by atoms with Crippen LogP contribution in [0, 0.1) is 17.0 Å². The van der Waals surface area contributed by atoms with Crippen molar-refractivity contribution in [2.24, 2.45) is 0 Å². The van der Waals surface area contributed by atoms with Crippen LogP contribution in [0.2, 0.25) is 18.1 Å². The molecule has 0 aliphatic rings. The highest BCUT2D eigenvalue weighted by molar-refractivity contribution is 6.74. The smallest absolute Gasteiger partial charge is 0.434 e. The van der Waals surface area contributed by atoms with E-state index in [2.05, 4.69) is 38.8 Å². The predicted octanol–water partition coefficient (Wildman–Crippen LogP) is 5.91. The standard InChI is InChI=1S/C24H38N4O5Si/c1-18-19(17-26-14-13-25-21(26)28(30)31)11-10-12-20(18)27(22(29)33-23(2,3)4)15-16-32-34(8,9)24(5,6)7/h10-14H,15-17H2,1-9H3. The van der Waals surface area contributed by atoms with Gasteiger partial charge < -0.3 is 19.3 Å². The monoisotopic (exact) mass is 490 g/mol. The molecule has 0 bridgehead atoms. The second kappa shape index (κ2) is 10.3. The normalized spacial score (nSPS) is 12.5.